The predicted molar refractivity (Wildman–Crippen MR) is 110 cm³/mol. The normalized spacial score (nSPS) is 21.2. The standard InChI is InChI=1S/C23H30N2O4/c1-14(2)28-10-11-29-22(27)19-15(3)25-17-12-23(4,5)13-18(26)20(17)21(19)16-8-6-7-9-24-16/h6-9,14,21,25H,10-13H2,1-5H3/t21-/m1/s1. The molecule has 1 N–H and O–H groups in total. The maximum atomic E-state index is 13.1. The highest BCUT2D eigenvalue weighted by Crippen LogP contribution is 2.46. The molecular weight excluding hydrogens is 368 g/mol. The number of ketones is 1. The van der Waals surface area contributed by atoms with Crippen LogP contribution in [0.4, 0.5) is 0 Å². The molecule has 1 atom stereocenters. The van der Waals surface area contributed by atoms with Crippen LogP contribution in [0.5, 0.6) is 0 Å². The molecule has 1 aromatic rings. The average Bonchev–Trinajstić information content (AvgIpc) is 2.63. The van der Waals surface area contributed by atoms with Crippen LogP contribution in [0.25, 0.3) is 0 Å². The van der Waals surface area contributed by atoms with Gasteiger partial charge >= 0.3 is 5.97 Å². The Morgan fingerprint density at radius 3 is 2.69 bits per heavy atom. The zero-order valence-electron chi connectivity index (χ0n) is 17.9. The Morgan fingerprint density at radius 2 is 2.03 bits per heavy atom. The van der Waals surface area contributed by atoms with Crippen LogP contribution in [0, 0.1) is 5.41 Å². The van der Waals surface area contributed by atoms with E-state index in [4.69, 9.17) is 9.47 Å². The molecule has 1 aliphatic heterocycles. The minimum absolute atomic E-state index is 0.0559. The first-order valence-electron chi connectivity index (χ1n) is 10.1. The van der Waals surface area contributed by atoms with Crippen LogP contribution >= 0.6 is 0 Å². The summed E-state index contributed by atoms with van der Waals surface area (Å²) in [4.78, 5) is 30.6. The molecule has 6 nitrogen and oxygen atoms in total. The highest BCUT2D eigenvalue weighted by molar-refractivity contribution is 6.04. The first-order valence-corrected chi connectivity index (χ1v) is 10.1. The lowest BCUT2D eigenvalue weighted by molar-refractivity contribution is -0.141. The van der Waals surface area contributed by atoms with Gasteiger partial charge in [0, 0.05) is 29.6 Å². The number of nitrogens with one attached hydrogen (secondary N) is 1. The van der Waals surface area contributed by atoms with Crippen molar-refractivity contribution in [2.45, 2.75) is 59.5 Å². The molecule has 0 unspecified atom stereocenters. The van der Waals surface area contributed by atoms with E-state index in [-0.39, 0.29) is 23.9 Å². The summed E-state index contributed by atoms with van der Waals surface area (Å²) in [6.07, 6.45) is 2.95. The number of pyridine rings is 1. The number of rotatable bonds is 6. The number of aromatic nitrogens is 1. The van der Waals surface area contributed by atoms with Crippen molar-refractivity contribution in [1.82, 2.24) is 10.3 Å². The van der Waals surface area contributed by atoms with Crippen molar-refractivity contribution in [3.63, 3.8) is 0 Å². The Labute approximate surface area is 172 Å². The van der Waals surface area contributed by atoms with Gasteiger partial charge in [0.15, 0.2) is 5.78 Å². The Hall–Kier alpha value is -2.47. The first kappa shape index (κ1) is 21.2. The van der Waals surface area contributed by atoms with Gasteiger partial charge in [-0.3, -0.25) is 9.78 Å². The van der Waals surface area contributed by atoms with Crippen molar-refractivity contribution in [3.05, 3.63) is 52.6 Å². The second kappa shape index (κ2) is 8.49. The van der Waals surface area contributed by atoms with Crippen LogP contribution in [-0.2, 0) is 19.1 Å². The van der Waals surface area contributed by atoms with Gasteiger partial charge in [0.25, 0.3) is 0 Å². The predicted octanol–water partition coefficient (Wildman–Crippen LogP) is 3.65. The number of hydrogen-bond donors (Lipinski definition) is 1. The second-order valence-electron chi connectivity index (χ2n) is 8.74. The van der Waals surface area contributed by atoms with Gasteiger partial charge in [0.05, 0.1) is 29.9 Å². The maximum Gasteiger partial charge on any atom is 0.336 e. The molecule has 0 saturated carbocycles. The van der Waals surface area contributed by atoms with Crippen LogP contribution in [-0.4, -0.2) is 36.1 Å². The summed E-state index contributed by atoms with van der Waals surface area (Å²) in [5.41, 5.74) is 3.24. The van der Waals surface area contributed by atoms with E-state index in [0.29, 0.717) is 35.6 Å². The van der Waals surface area contributed by atoms with Crippen molar-refractivity contribution < 1.29 is 19.1 Å². The number of carbonyl (C=O) groups excluding carboxylic acids is 2. The molecule has 6 heteroatoms. The monoisotopic (exact) mass is 398 g/mol. The molecule has 0 radical (unpaired) electrons. The summed E-state index contributed by atoms with van der Waals surface area (Å²) in [7, 11) is 0. The molecule has 1 aromatic heterocycles. The fraction of sp³-hybridized carbons (Fsp3) is 0.522. The molecule has 3 rings (SSSR count). The fourth-order valence-electron chi connectivity index (χ4n) is 4.05. The lowest BCUT2D eigenvalue weighted by atomic mass is 9.69. The van der Waals surface area contributed by atoms with Crippen LogP contribution in [0.1, 0.15) is 59.1 Å². The zero-order valence-corrected chi connectivity index (χ0v) is 17.9. The number of dihydropyridines is 1. The van der Waals surface area contributed by atoms with Crippen molar-refractivity contribution in [3.8, 4) is 0 Å². The smallest absolute Gasteiger partial charge is 0.336 e. The third-order valence-electron chi connectivity index (χ3n) is 5.21. The van der Waals surface area contributed by atoms with Gasteiger partial charge in [-0.25, -0.2) is 4.79 Å². The molecule has 1 aliphatic carbocycles. The number of nitrogens with zero attached hydrogens (tertiary/aromatic N) is 1. The molecular formula is C23H30N2O4. The number of hydrogen-bond acceptors (Lipinski definition) is 6. The summed E-state index contributed by atoms with van der Waals surface area (Å²) >= 11 is 0. The first-order chi connectivity index (χ1) is 13.7. The van der Waals surface area contributed by atoms with Gasteiger partial charge < -0.3 is 14.8 Å². The Balaban J connectivity index is 1.95. The summed E-state index contributed by atoms with van der Waals surface area (Å²) in [6.45, 7) is 10.4. The average molecular weight is 399 g/mol. The topological polar surface area (TPSA) is 77.5 Å². The highest BCUT2D eigenvalue weighted by Gasteiger charge is 2.43. The van der Waals surface area contributed by atoms with Crippen LogP contribution in [0.3, 0.4) is 0 Å². The van der Waals surface area contributed by atoms with Crippen LogP contribution < -0.4 is 5.32 Å². The van der Waals surface area contributed by atoms with E-state index >= 15 is 0 Å². The number of allylic oxidation sites excluding steroid dienone is 3. The van der Waals surface area contributed by atoms with Crippen molar-refractivity contribution in [2.75, 3.05) is 13.2 Å². The SMILES string of the molecule is CC1=C(C(=O)OCCOC(C)C)[C@@H](c2ccccn2)C2=C(CC(C)(C)CC2=O)N1. The van der Waals surface area contributed by atoms with E-state index in [0.717, 1.165) is 12.1 Å². The van der Waals surface area contributed by atoms with Gasteiger partial charge in [-0.15, -0.1) is 0 Å². The van der Waals surface area contributed by atoms with Gasteiger partial charge in [-0.2, -0.15) is 0 Å². The van der Waals surface area contributed by atoms with E-state index in [9.17, 15) is 9.59 Å². The minimum atomic E-state index is -0.519. The number of ether oxygens (including phenoxy) is 2. The molecule has 0 saturated heterocycles. The minimum Gasteiger partial charge on any atom is -0.460 e. The molecule has 29 heavy (non-hydrogen) atoms. The molecule has 2 heterocycles. The quantitative estimate of drug-likeness (QED) is 0.582. The molecule has 0 aromatic carbocycles. The van der Waals surface area contributed by atoms with Gasteiger partial charge in [-0.05, 0) is 44.7 Å². The lowest BCUT2D eigenvalue weighted by Gasteiger charge is -2.39. The van der Waals surface area contributed by atoms with Gasteiger partial charge in [0.1, 0.15) is 6.61 Å². The summed E-state index contributed by atoms with van der Waals surface area (Å²) in [6, 6.07) is 5.55. The Morgan fingerprint density at radius 1 is 1.28 bits per heavy atom. The van der Waals surface area contributed by atoms with Gasteiger partial charge in [-0.1, -0.05) is 19.9 Å². The molecule has 0 bridgehead atoms. The Kier molecular flexibility index (Phi) is 6.22. The van der Waals surface area contributed by atoms with E-state index in [1.54, 1.807) is 6.20 Å². The third kappa shape index (κ3) is 4.75. The van der Waals surface area contributed by atoms with E-state index in [1.807, 2.05) is 39.0 Å². The van der Waals surface area contributed by atoms with E-state index < -0.39 is 11.9 Å². The van der Waals surface area contributed by atoms with Crippen molar-refractivity contribution in [2.24, 2.45) is 5.41 Å². The molecule has 2 aliphatic rings. The summed E-state index contributed by atoms with van der Waals surface area (Å²) in [5, 5.41) is 3.32. The highest BCUT2D eigenvalue weighted by atomic mass is 16.6. The van der Waals surface area contributed by atoms with E-state index in [1.165, 1.54) is 0 Å². The molecule has 0 fully saturated rings. The van der Waals surface area contributed by atoms with Crippen LogP contribution in [0.15, 0.2) is 46.9 Å². The van der Waals surface area contributed by atoms with Gasteiger partial charge in [0.2, 0.25) is 0 Å². The third-order valence-corrected chi connectivity index (χ3v) is 5.21. The largest absolute Gasteiger partial charge is 0.460 e. The zero-order chi connectivity index (χ0) is 21.2. The van der Waals surface area contributed by atoms with Crippen molar-refractivity contribution in [1.29, 1.82) is 0 Å². The number of Topliss-reactive ketones (excluding diaryl/α,β-unsaturated/α-hetero) is 1. The van der Waals surface area contributed by atoms with Crippen LogP contribution in [0.2, 0.25) is 0 Å². The summed E-state index contributed by atoms with van der Waals surface area (Å²) < 4.78 is 10.9. The molecule has 0 spiro atoms. The summed E-state index contributed by atoms with van der Waals surface area (Å²) in [5.74, 6) is -0.905. The lowest BCUT2D eigenvalue weighted by Crippen LogP contribution is -2.39. The Bertz CT molecular complexity index is 853. The fourth-order valence-corrected chi connectivity index (χ4v) is 4.05. The van der Waals surface area contributed by atoms with Crippen molar-refractivity contribution >= 4 is 11.8 Å². The number of carbonyl (C=O) groups is 2. The second-order valence-corrected chi connectivity index (χ2v) is 8.74. The number of esters is 1. The molecule has 0 amide bonds. The maximum absolute atomic E-state index is 13.1. The van der Waals surface area contributed by atoms with E-state index in [2.05, 4.69) is 24.1 Å². The molecule has 156 valence electrons.